The zero-order valence-electron chi connectivity index (χ0n) is 10.4. The molecule has 1 amide bonds. The molecule has 0 spiro atoms. The topological polar surface area (TPSA) is 58.4 Å². The third-order valence-electron chi connectivity index (χ3n) is 3.45. The van der Waals surface area contributed by atoms with Gasteiger partial charge in [-0.3, -0.25) is 4.79 Å². The number of nitrogens with two attached hydrogens (primary N) is 1. The minimum Gasteiger partial charge on any atom is -0.397 e. The quantitative estimate of drug-likeness (QED) is 0.780. The van der Waals surface area contributed by atoms with Gasteiger partial charge in [0, 0.05) is 26.1 Å². The van der Waals surface area contributed by atoms with Gasteiger partial charge in [0.2, 0.25) is 5.91 Å². The first-order valence-electron chi connectivity index (χ1n) is 6.13. The van der Waals surface area contributed by atoms with Crippen molar-refractivity contribution in [3.8, 4) is 0 Å². The summed E-state index contributed by atoms with van der Waals surface area (Å²) < 4.78 is 13.2. The number of nitrogens with zero attached hydrogens (tertiary/aromatic N) is 1. The molecule has 2 rings (SSSR count). The number of piperidine rings is 1. The molecule has 0 aromatic heterocycles. The zero-order valence-corrected chi connectivity index (χ0v) is 10.4. The van der Waals surface area contributed by atoms with Crippen molar-refractivity contribution in [3.63, 3.8) is 0 Å². The number of amides is 1. The van der Waals surface area contributed by atoms with Crippen LogP contribution in [0.25, 0.3) is 0 Å². The third-order valence-corrected chi connectivity index (χ3v) is 3.45. The average molecular weight is 251 g/mol. The fourth-order valence-electron chi connectivity index (χ4n) is 2.38. The Bertz CT molecular complexity index is 442. The molecule has 5 heteroatoms. The molecule has 1 fully saturated rings. The molecule has 4 nitrogen and oxygen atoms in total. The van der Waals surface area contributed by atoms with Crippen LogP contribution in [0.5, 0.6) is 0 Å². The maximum Gasteiger partial charge on any atom is 0.222 e. The van der Waals surface area contributed by atoms with Crippen LogP contribution in [0.4, 0.5) is 15.8 Å². The summed E-state index contributed by atoms with van der Waals surface area (Å²) in [4.78, 5) is 13.6. The molecule has 0 radical (unpaired) electrons. The van der Waals surface area contributed by atoms with Crippen LogP contribution in [-0.4, -0.2) is 26.0 Å². The van der Waals surface area contributed by atoms with Crippen molar-refractivity contribution in [2.24, 2.45) is 5.92 Å². The lowest BCUT2D eigenvalue weighted by atomic mass is 9.95. The summed E-state index contributed by atoms with van der Waals surface area (Å²) in [5.41, 5.74) is 7.16. The van der Waals surface area contributed by atoms with Crippen molar-refractivity contribution >= 4 is 17.3 Å². The molecule has 1 aromatic rings. The highest BCUT2D eigenvalue weighted by molar-refractivity contribution is 5.79. The van der Waals surface area contributed by atoms with E-state index < -0.39 is 0 Å². The Morgan fingerprint density at radius 3 is 2.72 bits per heavy atom. The van der Waals surface area contributed by atoms with E-state index in [1.165, 1.54) is 12.1 Å². The van der Waals surface area contributed by atoms with Crippen LogP contribution in [0.3, 0.4) is 0 Å². The van der Waals surface area contributed by atoms with Gasteiger partial charge < -0.3 is 16.0 Å². The predicted molar refractivity (Wildman–Crippen MR) is 69.8 cm³/mol. The van der Waals surface area contributed by atoms with Crippen molar-refractivity contribution < 1.29 is 9.18 Å². The van der Waals surface area contributed by atoms with Crippen molar-refractivity contribution in [2.75, 3.05) is 30.8 Å². The Kier molecular flexibility index (Phi) is 3.69. The van der Waals surface area contributed by atoms with E-state index in [0.717, 1.165) is 31.6 Å². The normalized spacial score (nSPS) is 16.7. The molecule has 0 unspecified atom stereocenters. The Balaban J connectivity index is 2.05. The Morgan fingerprint density at radius 1 is 1.44 bits per heavy atom. The van der Waals surface area contributed by atoms with Gasteiger partial charge in [-0.1, -0.05) is 0 Å². The van der Waals surface area contributed by atoms with Crippen molar-refractivity contribution in [1.29, 1.82) is 0 Å². The van der Waals surface area contributed by atoms with Crippen LogP contribution in [0.2, 0.25) is 0 Å². The lowest BCUT2D eigenvalue weighted by Crippen LogP contribution is -2.39. The fraction of sp³-hybridized carbons (Fsp3) is 0.462. The summed E-state index contributed by atoms with van der Waals surface area (Å²) in [5, 5.41) is 2.67. The van der Waals surface area contributed by atoms with Crippen molar-refractivity contribution in [3.05, 3.63) is 24.0 Å². The fourth-order valence-corrected chi connectivity index (χ4v) is 2.38. The molecule has 1 aliphatic heterocycles. The highest BCUT2D eigenvalue weighted by atomic mass is 19.1. The minimum atomic E-state index is -0.285. The van der Waals surface area contributed by atoms with Crippen molar-refractivity contribution in [1.82, 2.24) is 5.32 Å². The van der Waals surface area contributed by atoms with Crippen LogP contribution in [0, 0.1) is 11.7 Å². The summed E-state index contributed by atoms with van der Waals surface area (Å²) in [6.45, 7) is 1.46. The molecular weight excluding hydrogens is 233 g/mol. The average Bonchev–Trinajstić information content (AvgIpc) is 2.41. The summed E-state index contributed by atoms with van der Waals surface area (Å²) in [5.74, 6) is -0.143. The van der Waals surface area contributed by atoms with E-state index in [1.807, 2.05) is 4.90 Å². The van der Waals surface area contributed by atoms with E-state index in [2.05, 4.69) is 5.32 Å². The Hall–Kier alpha value is -1.78. The standard InChI is InChI=1S/C13H18FN3O/c1-16-13(18)9-4-6-17(7-5-9)12-8-10(14)2-3-11(12)15/h2-3,8-9H,4-7,15H2,1H3,(H,16,18). The highest BCUT2D eigenvalue weighted by Gasteiger charge is 2.25. The number of nitrogens with one attached hydrogen (secondary N) is 1. The number of carbonyl (C=O) groups is 1. The molecule has 1 saturated heterocycles. The van der Waals surface area contributed by atoms with Gasteiger partial charge in [-0.05, 0) is 31.0 Å². The molecule has 0 aliphatic carbocycles. The van der Waals surface area contributed by atoms with E-state index in [1.54, 1.807) is 13.1 Å². The van der Waals surface area contributed by atoms with Crippen molar-refractivity contribution in [2.45, 2.75) is 12.8 Å². The second-order valence-corrected chi connectivity index (χ2v) is 4.58. The molecule has 0 atom stereocenters. The van der Waals surface area contributed by atoms with E-state index in [9.17, 15) is 9.18 Å². The maximum absolute atomic E-state index is 13.2. The lowest BCUT2D eigenvalue weighted by molar-refractivity contribution is -0.125. The zero-order chi connectivity index (χ0) is 13.1. The van der Waals surface area contributed by atoms with Gasteiger partial charge >= 0.3 is 0 Å². The molecule has 3 N–H and O–H groups in total. The van der Waals surface area contributed by atoms with Gasteiger partial charge in [0.25, 0.3) is 0 Å². The van der Waals surface area contributed by atoms with Crippen LogP contribution in [0.1, 0.15) is 12.8 Å². The van der Waals surface area contributed by atoms with Crippen LogP contribution in [0.15, 0.2) is 18.2 Å². The molecule has 0 saturated carbocycles. The largest absolute Gasteiger partial charge is 0.397 e. The molecular formula is C13H18FN3O. The molecule has 0 bridgehead atoms. The van der Waals surface area contributed by atoms with Crippen LogP contribution in [-0.2, 0) is 4.79 Å². The monoisotopic (exact) mass is 251 g/mol. The molecule has 1 aromatic carbocycles. The van der Waals surface area contributed by atoms with E-state index in [0.29, 0.717) is 5.69 Å². The first-order chi connectivity index (χ1) is 8.61. The smallest absolute Gasteiger partial charge is 0.222 e. The number of halogens is 1. The molecule has 18 heavy (non-hydrogen) atoms. The molecule has 1 heterocycles. The van der Waals surface area contributed by atoms with Gasteiger partial charge in [0.15, 0.2) is 0 Å². The summed E-state index contributed by atoms with van der Waals surface area (Å²) >= 11 is 0. The number of anilines is 2. The van der Waals surface area contributed by atoms with Gasteiger partial charge in [0.05, 0.1) is 11.4 Å². The number of hydrogen-bond acceptors (Lipinski definition) is 3. The number of rotatable bonds is 2. The third kappa shape index (κ3) is 2.55. The SMILES string of the molecule is CNC(=O)C1CCN(c2cc(F)ccc2N)CC1. The lowest BCUT2D eigenvalue weighted by Gasteiger charge is -2.33. The first-order valence-corrected chi connectivity index (χ1v) is 6.13. The Morgan fingerprint density at radius 2 is 2.11 bits per heavy atom. The second-order valence-electron chi connectivity index (χ2n) is 4.58. The van der Waals surface area contributed by atoms with E-state index >= 15 is 0 Å². The van der Waals surface area contributed by atoms with Gasteiger partial charge in [-0.15, -0.1) is 0 Å². The van der Waals surface area contributed by atoms with Crippen LogP contribution >= 0.6 is 0 Å². The predicted octanol–water partition coefficient (Wildman–Crippen LogP) is 1.37. The molecule has 98 valence electrons. The number of carbonyl (C=O) groups excluding carboxylic acids is 1. The number of nitrogen functional groups attached to an aromatic ring is 1. The summed E-state index contributed by atoms with van der Waals surface area (Å²) in [7, 11) is 1.65. The summed E-state index contributed by atoms with van der Waals surface area (Å²) in [6, 6.07) is 4.39. The van der Waals surface area contributed by atoms with Gasteiger partial charge in [0.1, 0.15) is 5.82 Å². The minimum absolute atomic E-state index is 0.0565. The van der Waals surface area contributed by atoms with E-state index in [4.69, 9.17) is 5.73 Å². The summed E-state index contributed by atoms with van der Waals surface area (Å²) in [6.07, 6.45) is 1.55. The highest BCUT2D eigenvalue weighted by Crippen LogP contribution is 2.28. The maximum atomic E-state index is 13.2. The van der Waals surface area contributed by atoms with Gasteiger partial charge in [-0.25, -0.2) is 4.39 Å². The van der Waals surface area contributed by atoms with Gasteiger partial charge in [-0.2, -0.15) is 0 Å². The molecule has 1 aliphatic rings. The van der Waals surface area contributed by atoms with Crippen LogP contribution < -0.4 is 16.0 Å². The van der Waals surface area contributed by atoms with E-state index in [-0.39, 0.29) is 17.6 Å². The number of hydrogen-bond donors (Lipinski definition) is 2. The second kappa shape index (κ2) is 5.25. The Labute approximate surface area is 106 Å². The number of benzene rings is 1. The first kappa shape index (κ1) is 12.7.